The van der Waals surface area contributed by atoms with Crippen molar-refractivity contribution < 1.29 is 19.2 Å². The molecule has 0 atom stereocenters. The molecule has 0 aliphatic carbocycles. The van der Waals surface area contributed by atoms with E-state index in [1.54, 1.807) is 13.8 Å². The summed E-state index contributed by atoms with van der Waals surface area (Å²) in [6.45, 7) is 3.52. The first-order valence-electron chi connectivity index (χ1n) is 6.27. The molecule has 1 aromatic rings. The van der Waals surface area contributed by atoms with Crippen LogP contribution in [0.25, 0.3) is 0 Å². The smallest absolute Gasteiger partial charge is 0.323 e. The molecule has 7 heteroatoms. The highest BCUT2D eigenvalue weighted by atomic mass is 19.1. The minimum absolute atomic E-state index is 0.0482. The number of benzene rings is 1. The second kappa shape index (κ2) is 6.42. The molecule has 0 aromatic heterocycles. The van der Waals surface area contributed by atoms with Crippen LogP contribution in [-0.2, 0) is 11.3 Å². The van der Waals surface area contributed by atoms with E-state index in [1.165, 1.54) is 6.07 Å². The monoisotopic (exact) mass is 284 g/mol. The van der Waals surface area contributed by atoms with Crippen LogP contribution in [0.5, 0.6) is 0 Å². The minimum Gasteiger partial charge on any atom is -0.480 e. The summed E-state index contributed by atoms with van der Waals surface area (Å²) in [5.74, 6) is -1.71. The van der Waals surface area contributed by atoms with Crippen LogP contribution >= 0.6 is 0 Å². The van der Waals surface area contributed by atoms with E-state index in [2.05, 4.69) is 5.32 Å². The lowest BCUT2D eigenvalue weighted by atomic mass is 9.92. The van der Waals surface area contributed by atoms with Gasteiger partial charge in [-0.15, -0.1) is 0 Å². The molecule has 6 nitrogen and oxygen atoms in total. The van der Waals surface area contributed by atoms with E-state index in [4.69, 9.17) is 0 Å². The Kier molecular flexibility index (Phi) is 5.15. The van der Waals surface area contributed by atoms with Gasteiger partial charge in [-0.2, -0.15) is 0 Å². The predicted octanol–water partition coefficient (Wildman–Crippen LogP) is 2.47. The second-order valence-electron chi connectivity index (χ2n) is 4.52. The van der Waals surface area contributed by atoms with Crippen molar-refractivity contribution in [3.05, 3.63) is 39.7 Å². The molecule has 0 heterocycles. The minimum atomic E-state index is -1.11. The van der Waals surface area contributed by atoms with Crippen LogP contribution in [0, 0.1) is 15.9 Å². The number of carboxylic acids is 1. The first-order valence-corrected chi connectivity index (χ1v) is 6.27. The molecule has 0 aliphatic rings. The Morgan fingerprint density at radius 1 is 1.40 bits per heavy atom. The normalized spacial score (nSPS) is 11.3. The Morgan fingerprint density at radius 2 is 2.00 bits per heavy atom. The molecule has 0 fully saturated rings. The number of non-ortho nitro benzene ring substituents is 1. The summed E-state index contributed by atoms with van der Waals surface area (Å²) in [5, 5.41) is 22.8. The Morgan fingerprint density at radius 3 is 2.45 bits per heavy atom. The maximum atomic E-state index is 13.3. The average Bonchev–Trinajstić information content (AvgIpc) is 2.39. The highest BCUT2D eigenvalue weighted by molar-refractivity contribution is 5.78. The Balaban J connectivity index is 2.94. The largest absolute Gasteiger partial charge is 0.480 e. The lowest BCUT2D eigenvalue weighted by molar-refractivity contribution is -0.385. The van der Waals surface area contributed by atoms with Crippen molar-refractivity contribution in [3.8, 4) is 0 Å². The average molecular weight is 284 g/mol. The van der Waals surface area contributed by atoms with Crippen molar-refractivity contribution in [2.75, 3.05) is 0 Å². The molecule has 0 saturated heterocycles. The molecule has 0 radical (unpaired) electrons. The molecule has 0 bridgehead atoms. The van der Waals surface area contributed by atoms with E-state index in [9.17, 15) is 24.4 Å². The zero-order chi connectivity index (χ0) is 15.3. The van der Waals surface area contributed by atoms with Gasteiger partial charge in [0.2, 0.25) is 0 Å². The van der Waals surface area contributed by atoms with E-state index in [-0.39, 0.29) is 12.2 Å². The maximum Gasteiger partial charge on any atom is 0.323 e. The van der Waals surface area contributed by atoms with Gasteiger partial charge in [0, 0.05) is 12.6 Å². The SMILES string of the molecule is CCC(CC)(NCc1cc(F)cc([N+](=O)[O-])c1)C(=O)O. The van der Waals surface area contributed by atoms with Gasteiger partial charge in [0.25, 0.3) is 5.69 Å². The van der Waals surface area contributed by atoms with Crippen LogP contribution in [0.15, 0.2) is 18.2 Å². The fraction of sp³-hybridized carbons (Fsp3) is 0.462. The lowest BCUT2D eigenvalue weighted by Gasteiger charge is -2.28. The van der Waals surface area contributed by atoms with Crippen molar-refractivity contribution in [2.45, 2.75) is 38.8 Å². The number of nitrogens with zero attached hydrogens (tertiary/aromatic N) is 1. The molecule has 2 N–H and O–H groups in total. The van der Waals surface area contributed by atoms with Gasteiger partial charge in [-0.3, -0.25) is 20.2 Å². The van der Waals surface area contributed by atoms with Crippen LogP contribution in [0.4, 0.5) is 10.1 Å². The first-order chi connectivity index (χ1) is 9.34. The van der Waals surface area contributed by atoms with E-state index in [0.717, 1.165) is 12.1 Å². The number of hydrogen-bond acceptors (Lipinski definition) is 4. The summed E-state index contributed by atoms with van der Waals surface area (Å²) in [4.78, 5) is 21.3. The fourth-order valence-corrected chi connectivity index (χ4v) is 1.99. The number of hydrogen-bond donors (Lipinski definition) is 2. The molecule has 0 aliphatic heterocycles. The van der Waals surface area contributed by atoms with Crippen LogP contribution in [0.1, 0.15) is 32.3 Å². The van der Waals surface area contributed by atoms with E-state index in [0.29, 0.717) is 18.4 Å². The van der Waals surface area contributed by atoms with E-state index < -0.39 is 22.2 Å². The highest BCUT2D eigenvalue weighted by Gasteiger charge is 2.34. The molecule has 0 amide bonds. The number of rotatable bonds is 7. The molecule has 1 aromatic carbocycles. The fourth-order valence-electron chi connectivity index (χ4n) is 1.99. The van der Waals surface area contributed by atoms with Crippen molar-refractivity contribution in [1.29, 1.82) is 0 Å². The lowest BCUT2D eigenvalue weighted by Crippen LogP contribution is -2.50. The number of nitrogens with one attached hydrogen (secondary N) is 1. The summed E-state index contributed by atoms with van der Waals surface area (Å²) in [5.41, 5.74) is -1.12. The van der Waals surface area contributed by atoms with Gasteiger partial charge in [-0.25, -0.2) is 4.39 Å². The van der Waals surface area contributed by atoms with Gasteiger partial charge in [-0.05, 0) is 24.5 Å². The van der Waals surface area contributed by atoms with Crippen LogP contribution in [-0.4, -0.2) is 21.5 Å². The van der Waals surface area contributed by atoms with E-state index >= 15 is 0 Å². The molecule has 0 saturated carbocycles. The van der Waals surface area contributed by atoms with Gasteiger partial charge >= 0.3 is 5.97 Å². The number of carboxylic acid groups (broad SMARTS) is 1. The molecule has 0 unspecified atom stereocenters. The van der Waals surface area contributed by atoms with E-state index in [1.807, 2.05) is 0 Å². The Labute approximate surface area is 115 Å². The number of nitro benzene ring substituents is 1. The molecule has 0 spiro atoms. The molecular formula is C13H17FN2O4. The van der Waals surface area contributed by atoms with Crippen molar-refractivity contribution in [2.24, 2.45) is 0 Å². The topological polar surface area (TPSA) is 92.5 Å². The summed E-state index contributed by atoms with van der Waals surface area (Å²) in [7, 11) is 0. The zero-order valence-electron chi connectivity index (χ0n) is 11.4. The highest BCUT2D eigenvalue weighted by Crippen LogP contribution is 2.19. The van der Waals surface area contributed by atoms with Gasteiger partial charge in [0.15, 0.2) is 0 Å². The van der Waals surface area contributed by atoms with Gasteiger partial charge < -0.3 is 5.11 Å². The summed E-state index contributed by atoms with van der Waals surface area (Å²) in [6.07, 6.45) is 0.715. The third-order valence-electron chi connectivity index (χ3n) is 3.40. The summed E-state index contributed by atoms with van der Waals surface area (Å²) < 4.78 is 13.3. The molecule has 110 valence electrons. The standard InChI is InChI=1S/C13H17FN2O4/c1-3-13(4-2,12(17)18)15-8-9-5-10(14)7-11(6-9)16(19)20/h5-7,15H,3-4,8H2,1-2H3,(H,17,18). The Hall–Kier alpha value is -2.02. The van der Waals surface area contributed by atoms with Gasteiger partial charge in [-0.1, -0.05) is 13.8 Å². The van der Waals surface area contributed by atoms with Crippen LogP contribution in [0.2, 0.25) is 0 Å². The van der Waals surface area contributed by atoms with Crippen LogP contribution < -0.4 is 5.32 Å². The summed E-state index contributed by atoms with van der Waals surface area (Å²) in [6, 6.07) is 3.21. The maximum absolute atomic E-state index is 13.3. The number of aliphatic carboxylic acids is 1. The summed E-state index contributed by atoms with van der Waals surface area (Å²) >= 11 is 0. The van der Waals surface area contributed by atoms with Crippen molar-refractivity contribution in [1.82, 2.24) is 5.32 Å². The number of halogens is 1. The third-order valence-corrected chi connectivity index (χ3v) is 3.40. The van der Waals surface area contributed by atoms with Gasteiger partial charge in [0.05, 0.1) is 11.0 Å². The number of nitro groups is 1. The van der Waals surface area contributed by atoms with Crippen LogP contribution in [0.3, 0.4) is 0 Å². The zero-order valence-corrected chi connectivity index (χ0v) is 11.4. The molecule has 1 rings (SSSR count). The molecule has 20 heavy (non-hydrogen) atoms. The molecular weight excluding hydrogens is 267 g/mol. The van der Waals surface area contributed by atoms with Gasteiger partial charge in [0.1, 0.15) is 11.4 Å². The predicted molar refractivity (Wildman–Crippen MR) is 70.8 cm³/mol. The Bertz CT molecular complexity index is 515. The second-order valence-corrected chi connectivity index (χ2v) is 4.52. The number of carbonyl (C=O) groups is 1. The third kappa shape index (κ3) is 3.51. The first kappa shape index (κ1) is 16.0. The quantitative estimate of drug-likeness (QED) is 0.592. The van der Waals surface area contributed by atoms with Crippen molar-refractivity contribution >= 4 is 11.7 Å². The van der Waals surface area contributed by atoms with Crippen molar-refractivity contribution in [3.63, 3.8) is 0 Å².